The molecule has 1 aliphatic carbocycles. The van der Waals surface area contributed by atoms with Crippen LogP contribution >= 0.6 is 0 Å². The average Bonchev–Trinajstić information content (AvgIpc) is 3.36. The van der Waals surface area contributed by atoms with Crippen molar-refractivity contribution in [1.29, 1.82) is 0 Å². The number of anilines is 2. The van der Waals surface area contributed by atoms with Gasteiger partial charge in [0.1, 0.15) is 0 Å². The molecular formula is C21H21N7O2. The Morgan fingerprint density at radius 3 is 2.80 bits per heavy atom. The molecule has 5 rings (SSSR count). The number of nitrogens with zero attached hydrogens (tertiary/aromatic N) is 4. The SMILES string of the molecule is Cc1ccccc1CNc1nc(NC2CC2)n2ncc(/C=C3\CC(=O)NC3=O)c2n1. The van der Waals surface area contributed by atoms with Crippen LogP contribution in [0.5, 0.6) is 0 Å². The minimum Gasteiger partial charge on any atom is -0.351 e. The minimum atomic E-state index is -0.373. The van der Waals surface area contributed by atoms with Gasteiger partial charge in [-0.05, 0) is 37.0 Å². The third-order valence-corrected chi connectivity index (χ3v) is 5.23. The second-order valence-corrected chi connectivity index (χ2v) is 7.63. The number of benzene rings is 1. The van der Waals surface area contributed by atoms with Gasteiger partial charge in [0.05, 0.1) is 12.6 Å². The van der Waals surface area contributed by atoms with Crippen molar-refractivity contribution in [2.45, 2.75) is 38.8 Å². The normalized spacial score (nSPS) is 17.6. The zero-order valence-corrected chi connectivity index (χ0v) is 16.5. The third kappa shape index (κ3) is 3.61. The number of rotatable bonds is 6. The van der Waals surface area contributed by atoms with Crippen molar-refractivity contribution in [3.05, 3.63) is 52.7 Å². The number of hydrogen-bond donors (Lipinski definition) is 3. The Labute approximate surface area is 172 Å². The summed E-state index contributed by atoms with van der Waals surface area (Å²) in [5, 5.41) is 13.4. The summed E-state index contributed by atoms with van der Waals surface area (Å²) in [7, 11) is 0. The highest BCUT2D eigenvalue weighted by Crippen LogP contribution is 2.26. The molecule has 2 aliphatic rings. The van der Waals surface area contributed by atoms with Crippen molar-refractivity contribution in [3.8, 4) is 0 Å². The van der Waals surface area contributed by atoms with Crippen LogP contribution in [-0.4, -0.2) is 37.4 Å². The Morgan fingerprint density at radius 1 is 1.23 bits per heavy atom. The molecule has 0 spiro atoms. The van der Waals surface area contributed by atoms with Gasteiger partial charge in [-0.1, -0.05) is 24.3 Å². The lowest BCUT2D eigenvalue weighted by molar-refractivity contribution is -0.124. The van der Waals surface area contributed by atoms with E-state index in [1.807, 2.05) is 12.1 Å². The van der Waals surface area contributed by atoms with Crippen LogP contribution in [0, 0.1) is 6.92 Å². The zero-order chi connectivity index (χ0) is 20.7. The first kappa shape index (κ1) is 18.3. The molecular weight excluding hydrogens is 382 g/mol. The van der Waals surface area contributed by atoms with Crippen LogP contribution in [0.15, 0.2) is 36.0 Å². The topological polar surface area (TPSA) is 113 Å². The van der Waals surface area contributed by atoms with E-state index >= 15 is 0 Å². The fourth-order valence-electron chi connectivity index (χ4n) is 3.37. The molecule has 9 heteroatoms. The standard InChI is InChI=1S/C21H21N7O2/c1-12-4-2-3-5-13(12)10-22-20-26-18-15(8-14-9-17(29)25-19(14)30)11-23-28(18)21(27-20)24-16-6-7-16/h2-5,8,11,16H,6-7,9-10H2,1H3,(H,25,29,30)(H2,22,24,26,27)/b14-8+. The number of aryl methyl sites for hydroxylation is 1. The summed E-state index contributed by atoms with van der Waals surface area (Å²) in [4.78, 5) is 32.7. The maximum atomic E-state index is 11.9. The Bertz CT molecular complexity index is 1190. The lowest BCUT2D eigenvalue weighted by Crippen LogP contribution is -2.19. The Hall–Kier alpha value is -3.75. The molecule has 3 aromatic rings. The fraction of sp³-hybridized carbons (Fsp3) is 0.286. The van der Waals surface area contributed by atoms with E-state index in [1.165, 1.54) is 5.56 Å². The molecule has 2 aromatic heterocycles. The fourth-order valence-corrected chi connectivity index (χ4v) is 3.37. The van der Waals surface area contributed by atoms with E-state index in [9.17, 15) is 9.59 Å². The molecule has 30 heavy (non-hydrogen) atoms. The predicted octanol–water partition coefficient (Wildman–Crippen LogP) is 2.05. The monoisotopic (exact) mass is 403 g/mol. The lowest BCUT2D eigenvalue weighted by atomic mass is 10.1. The van der Waals surface area contributed by atoms with E-state index < -0.39 is 0 Å². The molecule has 152 valence electrons. The van der Waals surface area contributed by atoms with Gasteiger partial charge < -0.3 is 10.6 Å². The number of fused-ring (bicyclic) bond motifs is 1. The molecule has 0 radical (unpaired) electrons. The molecule has 0 bridgehead atoms. The highest BCUT2D eigenvalue weighted by atomic mass is 16.2. The van der Waals surface area contributed by atoms with Crippen LogP contribution in [0.1, 0.15) is 36.0 Å². The second-order valence-electron chi connectivity index (χ2n) is 7.63. The number of amides is 2. The number of aromatic nitrogens is 4. The number of carbonyl (C=O) groups is 2. The first-order chi connectivity index (χ1) is 14.6. The van der Waals surface area contributed by atoms with Crippen molar-refractivity contribution >= 4 is 35.4 Å². The maximum Gasteiger partial charge on any atom is 0.254 e. The molecule has 3 N–H and O–H groups in total. The zero-order valence-electron chi connectivity index (χ0n) is 16.5. The first-order valence-corrected chi connectivity index (χ1v) is 9.92. The number of imide groups is 1. The number of carbonyl (C=O) groups excluding carboxylic acids is 2. The van der Waals surface area contributed by atoms with Crippen LogP contribution in [-0.2, 0) is 16.1 Å². The van der Waals surface area contributed by atoms with Gasteiger partial charge in [0.2, 0.25) is 17.8 Å². The van der Waals surface area contributed by atoms with Gasteiger partial charge in [-0.3, -0.25) is 14.9 Å². The van der Waals surface area contributed by atoms with Crippen LogP contribution in [0.25, 0.3) is 11.7 Å². The Morgan fingerprint density at radius 2 is 2.07 bits per heavy atom. The largest absolute Gasteiger partial charge is 0.351 e. The molecule has 0 unspecified atom stereocenters. The summed E-state index contributed by atoms with van der Waals surface area (Å²) in [5.74, 6) is 0.407. The van der Waals surface area contributed by atoms with Gasteiger partial charge in [-0.2, -0.15) is 19.6 Å². The molecule has 3 heterocycles. The molecule has 2 amide bonds. The van der Waals surface area contributed by atoms with Gasteiger partial charge in [0, 0.05) is 23.7 Å². The summed E-state index contributed by atoms with van der Waals surface area (Å²) < 4.78 is 1.64. The molecule has 1 saturated carbocycles. The molecule has 0 atom stereocenters. The summed E-state index contributed by atoms with van der Waals surface area (Å²) in [5.41, 5.74) is 3.98. The first-order valence-electron chi connectivity index (χ1n) is 9.92. The van der Waals surface area contributed by atoms with Crippen LogP contribution in [0.4, 0.5) is 11.9 Å². The quantitative estimate of drug-likeness (QED) is 0.426. The summed E-state index contributed by atoms with van der Waals surface area (Å²) in [6.07, 6.45) is 5.56. The summed E-state index contributed by atoms with van der Waals surface area (Å²) >= 11 is 0. The lowest BCUT2D eigenvalue weighted by Gasteiger charge is -2.11. The van der Waals surface area contributed by atoms with E-state index in [1.54, 1.807) is 16.8 Å². The van der Waals surface area contributed by atoms with Crippen molar-refractivity contribution in [2.75, 3.05) is 10.6 Å². The average molecular weight is 403 g/mol. The number of hydrogen-bond acceptors (Lipinski definition) is 7. The van der Waals surface area contributed by atoms with E-state index in [4.69, 9.17) is 0 Å². The Balaban J connectivity index is 1.51. The minimum absolute atomic E-state index is 0.0623. The highest BCUT2D eigenvalue weighted by molar-refractivity contribution is 6.15. The smallest absolute Gasteiger partial charge is 0.254 e. The number of nitrogens with one attached hydrogen (secondary N) is 3. The predicted molar refractivity (Wildman–Crippen MR) is 112 cm³/mol. The molecule has 1 aromatic carbocycles. The van der Waals surface area contributed by atoms with Gasteiger partial charge in [0.25, 0.3) is 5.91 Å². The maximum absolute atomic E-state index is 11.9. The van der Waals surface area contributed by atoms with E-state index in [0.717, 1.165) is 18.4 Å². The molecule has 2 fully saturated rings. The van der Waals surface area contributed by atoms with Gasteiger partial charge >= 0.3 is 0 Å². The molecule has 1 aliphatic heterocycles. The van der Waals surface area contributed by atoms with Crippen molar-refractivity contribution in [2.24, 2.45) is 0 Å². The van der Waals surface area contributed by atoms with Crippen molar-refractivity contribution in [3.63, 3.8) is 0 Å². The van der Waals surface area contributed by atoms with Crippen molar-refractivity contribution in [1.82, 2.24) is 24.9 Å². The van der Waals surface area contributed by atoms with Crippen LogP contribution < -0.4 is 16.0 Å². The van der Waals surface area contributed by atoms with E-state index in [2.05, 4.69) is 50.1 Å². The van der Waals surface area contributed by atoms with E-state index in [0.29, 0.717) is 41.3 Å². The second kappa shape index (κ2) is 7.25. The van der Waals surface area contributed by atoms with Crippen LogP contribution in [0.2, 0.25) is 0 Å². The molecule has 1 saturated heterocycles. The highest BCUT2D eigenvalue weighted by Gasteiger charge is 2.26. The van der Waals surface area contributed by atoms with Gasteiger partial charge in [-0.15, -0.1) is 0 Å². The van der Waals surface area contributed by atoms with E-state index in [-0.39, 0.29) is 18.2 Å². The van der Waals surface area contributed by atoms with Crippen molar-refractivity contribution < 1.29 is 9.59 Å². The van der Waals surface area contributed by atoms with Gasteiger partial charge in [-0.25, -0.2) is 0 Å². The van der Waals surface area contributed by atoms with Gasteiger partial charge in [0.15, 0.2) is 5.65 Å². The third-order valence-electron chi connectivity index (χ3n) is 5.23. The molecule has 9 nitrogen and oxygen atoms in total. The van der Waals surface area contributed by atoms with Crippen LogP contribution in [0.3, 0.4) is 0 Å². The summed E-state index contributed by atoms with van der Waals surface area (Å²) in [6, 6.07) is 8.53. The Kier molecular flexibility index (Phi) is 4.42. The summed E-state index contributed by atoms with van der Waals surface area (Å²) in [6.45, 7) is 2.66.